The molecular formula is C25H31FN2O. The Hall–Kier alpha value is -2.20. The van der Waals surface area contributed by atoms with Gasteiger partial charge in [0.2, 0.25) is 5.91 Å². The molecule has 0 radical (unpaired) electrons. The molecule has 29 heavy (non-hydrogen) atoms. The molecule has 0 unspecified atom stereocenters. The van der Waals surface area contributed by atoms with Gasteiger partial charge in [-0.05, 0) is 67.8 Å². The number of hydrogen-bond acceptors (Lipinski definition) is 2. The van der Waals surface area contributed by atoms with Crippen LogP contribution in [0.15, 0.2) is 54.6 Å². The lowest BCUT2D eigenvalue weighted by Gasteiger charge is -2.38. The van der Waals surface area contributed by atoms with E-state index in [0.717, 1.165) is 70.4 Å². The van der Waals surface area contributed by atoms with Crippen molar-refractivity contribution < 1.29 is 9.18 Å². The smallest absolute Gasteiger partial charge is 0.226 e. The van der Waals surface area contributed by atoms with Crippen LogP contribution in [-0.2, 0) is 17.8 Å². The summed E-state index contributed by atoms with van der Waals surface area (Å²) in [4.78, 5) is 17.5. The Morgan fingerprint density at radius 2 is 1.69 bits per heavy atom. The van der Waals surface area contributed by atoms with Gasteiger partial charge in [0.1, 0.15) is 5.82 Å². The molecule has 154 valence electrons. The van der Waals surface area contributed by atoms with Crippen LogP contribution in [-0.4, -0.2) is 41.9 Å². The van der Waals surface area contributed by atoms with Gasteiger partial charge in [-0.1, -0.05) is 42.5 Å². The minimum Gasteiger partial charge on any atom is -0.342 e. The van der Waals surface area contributed by atoms with Crippen LogP contribution in [0.5, 0.6) is 0 Å². The second-order valence-electron chi connectivity index (χ2n) is 8.66. The number of benzene rings is 2. The summed E-state index contributed by atoms with van der Waals surface area (Å²) in [5.74, 6) is 0.901. The van der Waals surface area contributed by atoms with E-state index in [1.54, 1.807) is 12.1 Å². The third kappa shape index (κ3) is 5.45. The number of hydrogen-bond donors (Lipinski definition) is 0. The Morgan fingerprint density at radius 3 is 2.45 bits per heavy atom. The number of likely N-dealkylation sites (tertiary alicyclic amines) is 2. The molecule has 1 amide bonds. The van der Waals surface area contributed by atoms with E-state index in [1.807, 2.05) is 6.07 Å². The van der Waals surface area contributed by atoms with Crippen LogP contribution in [0.4, 0.5) is 4.39 Å². The van der Waals surface area contributed by atoms with Crippen LogP contribution >= 0.6 is 0 Å². The number of piperidine rings is 2. The van der Waals surface area contributed by atoms with Gasteiger partial charge in [-0.3, -0.25) is 9.69 Å². The Bertz CT molecular complexity index is 801. The quantitative estimate of drug-likeness (QED) is 0.744. The molecule has 0 spiro atoms. The van der Waals surface area contributed by atoms with Gasteiger partial charge in [-0.15, -0.1) is 0 Å². The average molecular weight is 395 g/mol. The van der Waals surface area contributed by atoms with Crippen LogP contribution in [0.25, 0.3) is 0 Å². The molecule has 1 atom stereocenters. The van der Waals surface area contributed by atoms with Crippen molar-refractivity contribution in [3.05, 3.63) is 71.5 Å². The van der Waals surface area contributed by atoms with Crippen molar-refractivity contribution in [2.24, 2.45) is 11.8 Å². The molecule has 0 saturated carbocycles. The molecule has 3 nitrogen and oxygen atoms in total. The first-order valence-electron chi connectivity index (χ1n) is 11.0. The third-order valence-corrected chi connectivity index (χ3v) is 6.44. The number of amides is 1. The maximum absolute atomic E-state index is 13.5. The Morgan fingerprint density at radius 1 is 0.931 bits per heavy atom. The Labute approximate surface area is 173 Å². The van der Waals surface area contributed by atoms with Crippen molar-refractivity contribution in [2.45, 2.75) is 38.6 Å². The number of carbonyl (C=O) groups excluding carboxylic acids is 1. The van der Waals surface area contributed by atoms with E-state index in [4.69, 9.17) is 0 Å². The predicted molar refractivity (Wildman–Crippen MR) is 114 cm³/mol. The molecule has 2 aliphatic heterocycles. The van der Waals surface area contributed by atoms with Gasteiger partial charge in [-0.2, -0.15) is 0 Å². The van der Waals surface area contributed by atoms with Gasteiger partial charge in [0, 0.05) is 26.2 Å². The number of nitrogens with zero attached hydrogens (tertiary/aromatic N) is 2. The second-order valence-corrected chi connectivity index (χ2v) is 8.66. The minimum atomic E-state index is -0.189. The van der Waals surface area contributed by atoms with Gasteiger partial charge in [-0.25, -0.2) is 4.39 Å². The second kappa shape index (κ2) is 9.53. The van der Waals surface area contributed by atoms with Crippen LogP contribution in [0.2, 0.25) is 0 Å². The summed E-state index contributed by atoms with van der Waals surface area (Å²) < 4.78 is 13.5. The van der Waals surface area contributed by atoms with Crippen molar-refractivity contribution in [3.63, 3.8) is 0 Å². The fourth-order valence-electron chi connectivity index (χ4n) is 4.86. The first-order valence-corrected chi connectivity index (χ1v) is 11.0. The van der Waals surface area contributed by atoms with Gasteiger partial charge in [0.05, 0.1) is 5.92 Å². The van der Waals surface area contributed by atoms with Crippen molar-refractivity contribution in [2.75, 3.05) is 26.2 Å². The van der Waals surface area contributed by atoms with Crippen molar-refractivity contribution >= 4 is 5.91 Å². The van der Waals surface area contributed by atoms with Crippen molar-refractivity contribution in [1.82, 2.24) is 9.80 Å². The van der Waals surface area contributed by atoms with Gasteiger partial charge in [0.25, 0.3) is 0 Å². The lowest BCUT2D eigenvalue weighted by molar-refractivity contribution is -0.138. The maximum Gasteiger partial charge on any atom is 0.226 e. The topological polar surface area (TPSA) is 23.6 Å². The highest BCUT2D eigenvalue weighted by Crippen LogP contribution is 2.26. The largest absolute Gasteiger partial charge is 0.342 e. The van der Waals surface area contributed by atoms with Gasteiger partial charge >= 0.3 is 0 Å². The fourth-order valence-corrected chi connectivity index (χ4v) is 4.86. The SMILES string of the molecule is O=C([C@H]1CCCN(Cc2cccc(F)c2)C1)N1CCC(Cc2ccccc2)CC1. The molecule has 2 aliphatic rings. The first kappa shape index (κ1) is 20.1. The summed E-state index contributed by atoms with van der Waals surface area (Å²) in [6.45, 7) is 4.27. The standard InChI is InChI=1S/C25H31FN2O/c26-24-10-4-8-22(17-24)18-27-13-5-9-23(19-27)25(29)28-14-11-21(12-15-28)16-20-6-2-1-3-7-20/h1-4,6-8,10,17,21,23H,5,9,11-16,18-19H2/t23-/m0/s1. The summed E-state index contributed by atoms with van der Waals surface area (Å²) >= 11 is 0. The summed E-state index contributed by atoms with van der Waals surface area (Å²) in [6.07, 6.45) is 5.33. The molecule has 4 heteroatoms. The predicted octanol–water partition coefficient (Wildman–Crippen LogP) is 4.52. The monoisotopic (exact) mass is 394 g/mol. The van der Waals surface area contributed by atoms with E-state index in [0.29, 0.717) is 11.8 Å². The highest BCUT2D eigenvalue weighted by molar-refractivity contribution is 5.79. The normalized spacial score (nSPS) is 21.3. The third-order valence-electron chi connectivity index (χ3n) is 6.44. The lowest BCUT2D eigenvalue weighted by atomic mass is 9.89. The van der Waals surface area contributed by atoms with Crippen LogP contribution in [0.1, 0.15) is 36.8 Å². The number of carbonyl (C=O) groups is 1. The van der Waals surface area contributed by atoms with Crippen molar-refractivity contribution in [1.29, 1.82) is 0 Å². The summed E-state index contributed by atoms with van der Waals surface area (Å²) in [7, 11) is 0. The van der Waals surface area contributed by atoms with E-state index < -0.39 is 0 Å². The highest BCUT2D eigenvalue weighted by atomic mass is 19.1. The maximum atomic E-state index is 13.5. The molecule has 2 heterocycles. The first-order chi connectivity index (χ1) is 14.2. The van der Waals surface area contributed by atoms with Gasteiger partial charge < -0.3 is 4.90 Å². The Kier molecular flexibility index (Phi) is 6.60. The van der Waals surface area contributed by atoms with E-state index in [9.17, 15) is 9.18 Å². The van der Waals surface area contributed by atoms with E-state index in [-0.39, 0.29) is 11.7 Å². The van der Waals surface area contributed by atoms with Crippen LogP contribution < -0.4 is 0 Å². The molecule has 2 saturated heterocycles. The minimum absolute atomic E-state index is 0.0861. The van der Waals surface area contributed by atoms with Crippen LogP contribution in [0.3, 0.4) is 0 Å². The summed E-state index contributed by atoms with van der Waals surface area (Å²) in [6, 6.07) is 17.5. The zero-order chi connectivity index (χ0) is 20.1. The molecular weight excluding hydrogens is 363 g/mol. The lowest BCUT2D eigenvalue weighted by Crippen LogP contribution is -2.47. The summed E-state index contributed by atoms with van der Waals surface area (Å²) in [5.41, 5.74) is 2.39. The average Bonchev–Trinajstić information content (AvgIpc) is 2.75. The molecule has 0 aliphatic carbocycles. The summed E-state index contributed by atoms with van der Waals surface area (Å²) in [5, 5.41) is 0. The number of halogens is 1. The molecule has 0 aromatic heterocycles. The van der Waals surface area contributed by atoms with Gasteiger partial charge in [0.15, 0.2) is 0 Å². The molecule has 0 bridgehead atoms. The zero-order valence-electron chi connectivity index (χ0n) is 17.1. The van der Waals surface area contributed by atoms with E-state index in [1.165, 1.54) is 11.6 Å². The van der Waals surface area contributed by atoms with Crippen LogP contribution in [0, 0.1) is 17.7 Å². The molecule has 0 N–H and O–H groups in total. The zero-order valence-corrected chi connectivity index (χ0v) is 17.1. The molecule has 2 fully saturated rings. The van der Waals surface area contributed by atoms with Crippen molar-refractivity contribution in [3.8, 4) is 0 Å². The van der Waals surface area contributed by atoms with E-state index >= 15 is 0 Å². The Balaban J connectivity index is 1.27. The molecule has 2 aromatic rings. The molecule has 2 aromatic carbocycles. The highest BCUT2D eigenvalue weighted by Gasteiger charge is 2.31. The number of rotatable bonds is 5. The molecule has 4 rings (SSSR count). The van der Waals surface area contributed by atoms with E-state index in [2.05, 4.69) is 40.1 Å². The fraction of sp³-hybridized carbons (Fsp3) is 0.480.